The number of halogens is 3. The average molecular weight is 338 g/mol. The van der Waals surface area contributed by atoms with Crippen LogP contribution in [0.4, 0.5) is 10.1 Å². The Bertz CT molecular complexity index is 468. The number of hydrogen-bond acceptors (Lipinski definition) is 4. The van der Waals surface area contributed by atoms with Gasteiger partial charge in [-0.15, -0.1) is 31.4 Å². The standard InChI is InChI=1S/C14H20FN3O.2ClH/c1-2-3-13(18-6-4-17-5-7-18)11-8-10(15)9-12(16)14(11)19;;/h2,8-9,13,17,19H,1,3-7,16H2;2*1H/t13-;;/m1../s1. The number of rotatable bonds is 4. The van der Waals surface area contributed by atoms with Gasteiger partial charge < -0.3 is 16.2 Å². The van der Waals surface area contributed by atoms with Crippen LogP contribution in [0.5, 0.6) is 5.75 Å². The van der Waals surface area contributed by atoms with E-state index in [0.717, 1.165) is 32.2 Å². The van der Waals surface area contributed by atoms with E-state index in [-0.39, 0.29) is 42.3 Å². The normalized spacial score (nSPS) is 16.4. The maximum Gasteiger partial charge on any atom is 0.143 e. The van der Waals surface area contributed by atoms with Gasteiger partial charge in [0.15, 0.2) is 0 Å². The lowest BCUT2D eigenvalue weighted by Gasteiger charge is -2.35. The van der Waals surface area contributed by atoms with E-state index < -0.39 is 5.82 Å². The van der Waals surface area contributed by atoms with Crippen molar-refractivity contribution in [1.82, 2.24) is 10.2 Å². The third-order valence-electron chi connectivity index (χ3n) is 3.47. The zero-order valence-electron chi connectivity index (χ0n) is 11.7. The summed E-state index contributed by atoms with van der Waals surface area (Å²) in [5, 5.41) is 13.4. The van der Waals surface area contributed by atoms with Gasteiger partial charge in [0.1, 0.15) is 11.6 Å². The molecule has 120 valence electrons. The third kappa shape index (κ3) is 4.74. The second kappa shape index (κ2) is 9.10. The lowest BCUT2D eigenvalue weighted by atomic mass is 9.99. The van der Waals surface area contributed by atoms with Crippen LogP contribution < -0.4 is 11.1 Å². The summed E-state index contributed by atoms with van der Waals surface area (Å²) in [6.07, 6.45) is 2.43. The monoisotopic (exact) mass is 337 g/mol. The number of benzene rings is 1. The quantitative estimate of drug-likeness (QED) is 0.448. The Morgan fingerprint density at radius 2 is 2.00 bits per heavy atom. The minimum atomic E-state index is -0.422. The topological polar surface area (TPSA) is 61.5 Å². The van der Waals surface area contributed by atoms with Gasteiger partial charge in [-0.1, -0.05) is 6.08 Å². The number of phenolic OH excluding ortho intramolecular Hbond substituents is 1. The maximum absolute atomic E-state index is 13.5. The van der Waals surface area contributed by atoms with Gasteiger partial charge in [-0.2, -0.15) is 0 Å². The summed E-state index contributed by atoms with van der Waals surface area (Å²) < 4.78 is 13.5. The van der Waals surface area contributed by atoms with Crippen molar-refractivity contribution >= 4 is 30.5 Å². The molecule has 1 saturated heterocycles. The molecule has 0 saturated carbocycles. The molecule has 0 bridgehead atoms. The second-order valence-corrected chi connectivity index (χ2v) is 4.76. The summed E-state index contributed by atoms with van der Waals surface area (Å²) in [5.41, 5.74) is 6.26. The molecule has 0 aromatic heterocycles. The van der Waals surface area contributed by atoms with Gasteiger partial charge in [0, 0.05) is 43.9 Å². The van der Waals surface area contributed by atoms with Crippen LogP contribution in [0.25, 0.3) is 0 Å². The fourth-order valence-corrected chi connectivity index (χ4v) is 2.52. The second-order valence-electron chi connectivity index (χ2n) is 4.76. The first-order chi connectivity index (χ1) is 9.13. The Morgan fingerprint density at radius 1 is 1.38 bits per heavy atom. The molecule has 4 nitrogen and oxygen atoms in total. The molecule has 2 rings (SSSR count). The molecule has 0 unspecified atom stereocenters. The van der Waals surface area contributed by atoms with Crippen LogP contribution in [-0.4, -0.2) is 36.2 Å². The van der Waals surface area contributed by atoms with Gasteiger partial charge in [-0.3, -0.25) is 4.90 Å². The minimum Gasteiger partial charge on any atom is -0.505 e. The molecule has 1 aromatic carbocycles. The van der Waals surface area contributed by atoms with Crippen LogP contribution >= 0.6 is 24.8 Å². The molecule has 7 heteroatoms. The first-order valence-corrected chi connectivity index (χ1v) is 6.47. The summed E-state index contributed by atoms with van der Waals surface area (Å²) in [4.78, 5) is 2.21. The number of nitrogen functional groups attached to an aromatic ring is 1. The molecule has 0 spiro atoms. The van der Waals surface area contributed by atoms with E-state index in [9.17, 15) is 9.50 Å². The van der Waals surface area contributed by atoms with Crippen molar-refractivity contribution in [1.29, 1.82) is 0 Å². The molecular weight excluding hydrogens is 316 g/mol. The largest absolute Gasteiger partial charge is 0.505 e. The van der Waals surface area contributed by atoms with E-state index in [0.29, 0.717) is 12.0 Å². The first kappa shape index (κ1) is 20.0. The Balaban J connectivity index is 0.00000200. The van der Waals surface area contributed by atoms with Crippen molar-refractivity contribution in [2.24, 2.45) is 0 Å². The predicted molar refractivity (Wildman–Crippen MR) is 89.0 cm³/mol. The van der Waals surface area contributed by atoms with E-state index in [1.54, 1.807) is 6.08 Å². The Hall–Kier alpha value is -1.01. The Labute approximate surface area is 137 Å². The van der Waals surface area contributed by atoms with Gasteiger partial charge >= 0.3 is 0 Å². The summed E-state index contributed by atoms with van der Waals surface area (Å²) in [7, 11) is 0. The minimum absolute atomic E-state index is 0. The Kier molecular flexibility index (Phi) is 8.66. The maximum atomic E-state index is 13.5. The molecule has 0 aliphatic carbocycles. The van der Waals surface area contributed by atoms with Crippen molar-refractivity contribution in [3.8, 4) is 5.75 Å². The van der Waals surface area contributed by atoms with Crippen LogP contribution in [-0.2, 0) is 0 Å². The molecule has 4 N–H and O–H groups in total. The zero-order valence-corrected chi connectivity index (χ0v) is 13.4. The van der Waals surface area contributed by atoms with E-state index in [4.69, 9.17) is 5.73 Å². The van der Waals surface area contributed by atoms with Crippen molar-refractivity contribution in [2.75, 3.05) is 31.9 Å². The van der Waals surface area contributed by atoms with Gasteiger partial charge in [-0.05, 0) is 12.5 Å². The molecule has 0 radical (unpaired) electrons. The fourth-order valence-electron chi connectivity index (χ4n) is 2.52. The van der Waals surface area contributed by atoms with Gasteiger partial charge in [-0.25, -0.2) is 4.39 Å². The molecule has 1 aliphatic rings. The summed E-state index contributed by atoms with van der Waals surface area (Å²) in [6.45, 7) is 7.23. The molecular formula is C14H22Cl2FN3O. The molecule has 1 aromatic rings. The smallest absolute Gasteiger partial charge is 0.143 e. The lowest BCUT2D eigenvalue weighted by Crippen LogP contribution is -2.45. The van der Waals surface area contributed by atoms with Crippen molar-refractivity contribution in [3.63, 3.8) is 0 Å². The molecule has 1 atom stereocenters. The first-order valence-electron chi connectivity index (χ1n) is 6.47. The summed E-state index contributed by atoms with van der Waals surface area (Å²) >= 11 is 0. The number of phenols is 1. The number of aromatic hydroxyl groups is 1. The highest BCUT2D eigenvalue weighted by Gasteiger charge is 2.24. The highest BCUT2D eigenvalue weighted by atomic mass is 35.5. The molecule has 1 fully saturated rings. The lowest BCUT2D eigenvalue weighted by molar-refractivity contribution is 0.171. The van der Waals surface area contributed by atoms with Crippen LogP contribution in [0.2, 0.25) is 0 Å². The molecule has 1 aliphatic heterocycles. The summed E-state index contributed by atoms with van der Waals surface area (Å²) in [6, 6.07) is 2.42. The van der Waals surface area contributed by atoms with E-state index in [1.165, 1.54) is 6.07 Å². The fraction of sp³-hybridized carbons (Fsp3) is 0.429. The predicted octanol–water partition coefficient (Wildman–Crippen LogP) is 2.48. The number of hydrogen-bond donors (Lipinski definition) is 3. The SMILES string of the molecule is C=CC[C@H](c1cc(F)cc(N)c1O)N1CCNCC1.Cl.Cl. The van der Waals surface area contributed by atoms with Crippen LogP contribution in [0.1, 0.15) is 18.0 Å². The number of anilines is 1. The van der Waals surface area contributed by atoms with Crippen LogP contribution in [0.15, 0.2) is 24.8 Å². The van der Waals surface area contributed by atoms with Crippen molar-refractivity contribution in [2.45, 2.75) is 12.5 Å². The number of nitrogens with one attached hydrogen (secondary N) is 1. The zero-order chi connectivity index (χ0) is 13.8. The van der Waals surface area contributed by atoms with Crippen LogP contribution in [0.3, 0.4) is 0 Å². The average Bonchev–Trinajstić information content (AvgIpc) is 2.41. The van der Waals surface area contributed by atoms with Gasteiger partial charge in [0.05, 0.1) is 5.69 Å². The number of nitrogens with zero attached hydrogens (tertiary/aromatic N) is 1. The van der Waals surface area contributed by atoms with Crippen molar-refractivity contribution < 1.29 is 9.50 Å². The summed E-state index contributed by atoms with van der Waals surface area (Å²) in [5.74, 6) is -0.443. The molecule has 0 amide bonds. The van der Waals surface area contributed by atoms with Gasteiger partial charge in [0.2, 0.25) is 0 Å². The van der Waals surface area contributed by atoms with E-state index in [2.05, 4.69) is 16.8 Å². The number of nitrogens with two attached hydrogens (primary N) is 1. The van der Waals surface area contributed by atoms with E-state index >= 15 is 0 Å². The Morgan fingerprint density at radius 3 is 2.57 bits per heavy atom. The highest BCUT2D eigenvalue weighted by Crippen LogP contribution is 2.36. The molecule has 1 heterocycles. The highest BCUT2D eigenvalue weighted by molar-refractivity contribution is 5.85. The van der Waals surface area contributed by atoms with Crippen LogP contribution in [0, 0.1) is 5.82 Å². The van der Waals surface area contributed by atoms with Gasteiger partial charge in [0.25, 0.3) is 0 Å². The molecule has 21 heavy (non-hydrogen) atoms. The number of piperazine rings is 1. The van der Waals surface area contributed by atoms with E-state index in [1.807, 2.05) is 0 Å². The third-order valence-corrected chi connectivity index (χ3v) is 3.47. The van der Waals surface area contributed by atoms with Crippen molar-refractivity contribution in [3.05, 3.63) is 36.2 Å².